The van der Waals surface area contributed by atoms with Gasteiger partial charge in [-0.3, -0.25) is 10.2 Å². The minimum atomic E-state index is -1.07. The molecule has 0 unspecified atom stereocenters. The number of carbonyl (C=O) groups is 2. The predicted octanol–water partition coefficient (Wildman–Crippen LogP) is 1.30. The first-order chi connectivity index (χ1) is 9.61. The van der Waals surface area contributed by atoms with Crippen molar-refractivity contribution in [3.63, 3.8) is 0 Å². The van der Waals surface area contributed by atoms with E-state index in [0.717, 1.165) is 10.8 Å². The Hall–Kier alpha value is -2.60. The molecular weight excluding hydrogens is 260 g/mol. The van der Waals surface area contributed by atoms with Gasteiger partial charge < -0.3 is 9.84 Å². The summed E-state index contributed by atoms with van der Waals surface area (Å²) in [6.45, 7) is 0.0572. The number of amides is 1. The van der Waals surface area contributed by atoms with E-state index in [2.05, 4.69) is 0 Å². The van der Waals surface area contributed by atoms with Crippen molar-refractivity contribution in [1.82, 2.24) is 5.43 Å². The highest BCUT2D eigenvalue weighted by molar-refractivity contribution is 5.97. The molecule has 0 heterocycles. The SMILES string of the molecule is NNC(=O)CCOc1cc2ccccc2cc1C(=O)O. The number of hydrogen-bond acceptors (Lipinski definition) is 4. The third kappa shape index (κ3) is 3.04. The highest BCUT2D eigenvalue weighted by atomic mass is 16.5. The first-order valence-electron chi connectivity index (χ1n) is 6.00. The predicted molar refractivity (Wildman–Crippen MR) is 73.3 cm³/mol. The van der Waals surface area contributed by atoms with Crippen LogP contribution in [0.15, 0.2) is 36.4 Å². The summed E-state index contributed by atoms with van der Waals surface area (Å²) in [7, 11) is 0. The average molecular weight is 274 g/mol. The molecule has 6 heteroatoms. The van der Waals surface area contributed by atoms with Crippen LogP contribution in [0.4, 0.5) is 0 Å². The van der Waals surface area contributed by atoms with E-state index in [4.69, 9.17) is 10.6 Å². The van der Waals surface area contributed by atoms with E-state index in [0.29, 0.717) is 0 Å². The second-order valence-electron chi connectivity index (χ2n) is 4.17. The number of nitrogens with one attached hydrogen (secondary N) is 1. The van der Waals surface area contributed by atoms with E-state index in [9.17, 15) is 14.7 Å². The highest BCUT2D eigenvalue weighted by Gasteiger charge is 2.13. The summed E-state index contributed by atoms with van der Waals surface area (Å²) in [5.41, 5.74) is 2.05. The number of aromatic carboxylic acids is 1. The molecule has 0 fully saturated rings. The van der Waals surface area contributed by atoms with E-state index in [1.54, 1.807) is 12.1 Å². The van der Waals surface area contributed by atoms with Crippen LogP contribution in [0.3, 0.4) is 0 Å². The first kappa shape index (κ1) is 13.8. The summed E-state index contributed by atoms with van der Waals surface area (Å²) in [5.74, 6) is 3.74. The zero-order valence-corrected chi connectivity index (χ0v) is 10.6. The molecule has 0 aliphatic rings. The highest BCUT2D eigenvalue weighted by Crippen LogP contribution is 2.26. The van der Waals surface area contributed by atoms with Crippen molar-refractivity contribution in [2.45, 2.75) is 6.42 Å². The monoisotopic (exact) mass is 274 g/mol. The van der Waals surface area contributed by atoms with Crippen LogP contribution in [-0.4, -0.2) is 23.6 Å². The molecule has 104 valence electrons. The number of carboxylic acid groups (broad SMARTS) is 1. The molecule has 0 saturated heterocycles. The molecule has 0 aromatic heterocycles. The second kappa shape index (κ2) is 6.03. The van der Waals surface area contributed by atoms with Gasteiger partial charge >= 0.3 is 5.97 Å². The maximum atomic E-state index is 11.2. The van der Waals surface area contributed by atoms with E-state index in [-0.39, 0.29) is 30.2 Å². The van der Waals surface area contributed by atoms with Crippen molar-refractivity contribution in [2.24, 2.45) is 5.84 Å². The molecule has 0 aliphatic heterocycles. The molecule has 2 aromatic carbocycles. The third-order valence-corrected chi connectivity index (χ3v) is 2.83. The largest absolute Gasteiger partial charge is 0.492 e. The number of ether oxygens (including phenoxy) is 1. The standard InChI is InChI=1S/C14H14N2O4/c15-16-13(17)5-6-20-12-8-10-4-2-1-3-9(10)7-11(12)14(18)19/h1-4,7-8H,5-6,15H2,(H,16,17)(H,18,19). The molecule has 6 nitrogen and oxygen atoms in total. The Balaban J connectivity index is 2.27. The van der Waals surface area contributed by atoms with Gasteiger partial charge in [0.25, 0.3) is 0 Å². The molecule has 0 aliphatic carbocycles. The van der Waals surface area contributed by atoms with E-state index >= 15 is 0 Å². The fourth-order valence-corrected chi connectivity index (χ4v) is 1.83. The molecule has 20 heavy (non-hydrogen) atoms. The van der Waals surface area contributed by atoms with Crippen molar-refractivity contribution >= 4 is 22.6 Å². The topological polar surface area (TPSA) is 102 Å². The molecule has 4 N–H and O–H groups in total. The van der Waals surface area contributed by atoms with Crippen LogP contribution in [0.1, 0.15) is 16.8 Å². The normalized spacial score (nSPS) is 10.2. The van der Waals surface area contributed by atoms with Gasteiger partial charge in [-0.05, 0) is 22.9 Å². The lowest BCUT2D eigenvalue weighted by Gasteiger charge is -2.10. The molecule has 2 rings (SSSR count). The molecule has 0 saturated carbocycles. The van der Waals surface area contributed by atoms with Gasteiger partial charge in [0.1, 0.15) is 11.3 Å². The maximum absolute atomic E-state index is 11.2. The zero-order valence-electron chi connectivity index (χ0n) is 10.6. The number of rotatable bonds is 5. The lowest BCUT2D eigenvalue weighted by molar-refractivity contribution is -0.121. The minimum absolute atomic E-state index is 0.0572. The van der Waals surface area contributed by atoms with Crippen molar-refractivity contribution in [3.05, 3.63) is 42.0 Å². The number of hydrazine groups is 1. The molecule has 1 amide bonds. The Morgan fingerprint density at radius 2 is 1.85 bits per heavy atom. The van der Waals surface area contributed by atoms with Gasteiger partial charge in [-0.2, -0.15) is 0 Å². The summed E-state index contributed by atoms with van der Waals surface area (Å²) in [6, 6.07) is 10.6. The number of carboxylic acids is 1. The van der Waals surface area contributed by atoms with Crippen LogP contribution in [0, 0.1) is 0 Å². The van der Waals surface area contributed by atoms with Crippen molar-refractivity contribution < 1.29 is 19.4 Å². The first-order valence-corrected chi connectivity index (χ1v) is 6.00. The van der Waals surface area contributed by atoms with Crippen molar-refractivity contribution in [1.29, 1.82) is 0 Å². The summed E-state index contributed by atoms with van der Waals surface area (Å²) in [6.07, 6.45) is 0.0579. The van der Waals surface area contributed by atoms with Crippen LogP contribution < -0.4 is 16.0 Å². The minimum Gasteiger partial charge on any atom is -0.492 e. The van der Waals surface area contributed by atoms with E-state index in [1.807, 2.05) is 29.7 Å². The van der Waals surface area contributed by atoms with Gasteiger partial charge in [0.05, 0.1) is 13.0 Å². The second-order valence-corrected chi connectivity index (χ2v) is 4.17. The number of nitrogens with two attached hydrogens (primary N) is 1. The Morgan fingerprint density at radius 3 is 2.45 bits per heavy atom. The van der Waals surface area contributed by atoms with Gasteiger partial charge in [-0.15, -0.1) is 0 Å². The fraction of sp³-hybridized carbons (Fsp3) is 0.143. The lowest BCUT2D eigenvalue weighted by Crippen LogP contribution is -2.31. The van der Waals surface area contributed by atoms with Crippen LogP contribution in [-0.2, 0) is 4.79 Å². The van der Waals surface area contributed by atoms with Crippen LogP contribution in [0.5, 0.6) is 5.75 Å². The Kier molecular flexibility index (Phi) is 4.17. The van der Waals surface area contributed by atoms with Gasteiger partial charge in [-0.1, -0.05) is 24.3 Å². The van der Waals surface area contributed by atoms with Crippen molar-refractivity contribution in [2.75, 3.05) is 6.61 Å². The summed E-state index contributed by atoms with van der Waals surface area (Å²) >= 11 is 0. The maximum Gasteiger partial charge on any atom is 0.339 e. The lowest BCUT2D eigenvalue weighted by atomic mass is 10.1. The number of hydrogen-bond donors (Lipinski definition) is 3. The Morgan fingerprint density at radius 1 is 1.20 bits per heavy atom. The van der Waals surface area contributed by atoms with Crippen LogP contribution in [0.2, 0.25) is 0 Å². The van der Waals surface area contributed by atoms with Crippen LogP contribution >= 0.6 is 0 Å². The molecule has 0 bridgehead atoms. The smallest absolute Gasteiger partial charge is 0.339 e. The van der Waals surface area contributed by atoms with E-state index < -0.39 is 5.97 Å². The summed E-state index contributed by atoms with van der Waals surface area (Å²) < 4.78 is 5.38. The van der Waals surface area contributed by atoms with Gasteiger partial charge in [0.2, 0.25) is 5.91 Å². The van der Waals surface area contributed by atoms with Gasteiger partial charge in [-0.25, -0.2) is 10.6 Å². The molecule has 2 aromatic rings. The third-order valence-electron chi connectivity index (χ3n) is 2.83. The molecular formula is C14H14N2O4. The van der Waals surface area contributed by atoms with Crippen LogP contribution in [0.25, 0.3) is 10.8 Å². The van der Waals surface area contributed by atoms with Gasteiger partial charge in [0.15, 0.2) is 0 Å². The molecule has 0 radical (unpaired) electrons. The number of benzene rings is 2. The number of carbonyl (C=O) groups excluding carboxylic acids is 1. The fourth-order valence-electron chi connectivity index (χ4n) is 1.83. The Bertz CT molecular complexity index is 655. The average Bonchev–Trinajstić information content (AvgIpc) is 2.46. The molecule has 0 spiro atoms. The van der Waals surface area contributed by atoms with Crippen molar-refractivity contribution in [3.8, 4) is 5.75 Å². The summed E-state index contributed by atoms with van der Waals surface area (Å²) in [4.78, 5) is 22.2. The molecule has 0 atom stereocenters. The quantitative estimate of drug-likeness (QED) is 0.433. The zero-order chi connectivity index (χ0) is 14.5. The summed E-state index contributed by atoms with van der Waals surface area (Å²) in [5, 5.41) is 10.9. The van der Waals surface area contributed by atoms with E-state index in [1.165, 1.54) is 0 Å². The Labute approximate surface area is 115 Å². The van der Waals surface area contributed by atoms with Gasteiger partial charge in [0, 0.05) is 0 Å². The number of fused-ring (bicyclic) bond motifs is 1.